The lowest BCUT2D eigenvalue weighted by Crippen LogP contribution is -2.38. The van der Waals surface area contributed by atoms with Gasteiger partial charge in [0, 0.05) is 18.3 Å². The van der Waals surface area contributed by atoms with Crippen LogP contribution in [0.4, 0.5) is 5.69 Å². The van der Waals surface area contributed by atoms with Crippen LogP contribution in [0.5, 0.6) is 5.75 Å². The van der Waals surface area contributed by atoms with Gasteiger partial charge in [0.05, 0.1) is 12.7 Å². The van der Waals surface area contributed by atoms with Crippen LogP contribution in [0.15, 0.2) is 18.2 Å². The van der Waals surface area contributed by atoms with Crippen molar-refractivity contribution in [2.45, 2.75) is 13.8 Å². The van der Waals surface area contributed by atoms with Gasteiger partial charge in [-0.1, -0.05) is 13.8 Å². The molecule has 110 valence electrons. The Morgan fingerprint density at radius 1 is 1.40 bits per heavy atom. The third kappa shape index (κ3) is 4.15. The standard InChI is InChI=1S/C14H20N2O4/c1-9(2)7-16(8-13(17)18)14(19)11-5-4-10(15)6-12(11)20-3/h4-6,9H,7-8,15H2,1-3H3,(H,17,18). The molecule has 20 heavy (non-hydrogen) atoms. The number of nitrogens with zero attached hydrogens (tertiary/aromatic N) is 1. The number of nitrogen functional groups attached to an aromatic ring is 1. The SMILES string of the molecule is COc1cc(N)ccc1C(=O)N(CC(=O)O)CC(C)C. The quantitative estimate of drug-likeness (QED) is 0.769. The zero-order valence-electron chi connectivity index (χ0n) is 11.9. The smallest absolute Gasteiger partial charge is 0.323 e. The number of carbonyl (C=O) groups is 2. The molecule has 0 fully saturated rings. The van der Waals surface area contributed by atoms with Crippen LogP contribution < -0.4 is 10.5 Å². The Hall–Kier alpha value is -2.24. The van der Waals surface area contributed by atoms with E-state index in [-0.39, 0.29) is 18.4 Å². The molecular formula is C14H20N2O4. The lowest BCUT2D eigenvalue weighted by atomic mass is 10.1. The molecule has 1 aromatic carbocycles. The Morgan fingerprint density at radius 3 is 2.55 bits per heavy atom. The average molecular weight is 280 g/mol. The Morgan fingerprint density at radius 2 is 2.05 bits per heavy atom. The van der Waals surface area contributed by atoms with Crippen molar-refractivity contribution in [3.05, 3.63) is 23.8 Å². The van der Waals surface area contributed by atoms with Gasteiger partial charge in [0.25, 0.3) is 5.91 Å². The third-order valence-corrected chi connectivity index (χ3v) is 2.65. The molecule has 6 nitrogen and oxygen atoms in total. The summed E-state index contributed by atoms with van der Waals surface area (Å²) in [6.07, 6.45) is 0. The van der Waals surface area contributed by atoms with E-state index in [2.05, 4.69) is 0 Å². The van der Waals surface area contributed by atoms with Crippen molar-refractivity contribution in [2.75, 3.05) is 25.9 Å². The summed E-state index contributed by atoms with van der Waals surface area (Å²) in [5.74, 6) is -0.918. The monoisotopic (exact) mass is 280 g/mol. The topological polar surface area (TPSA) is 92.9 Å². The van der Waals surface area contributed by atoms with Crippen molar-refractivity contribution < 1.29 is 19.4 Å². The van der Waals surface area contributed by atoms with Crippen molar-refractivity contribution in [3.63, 3.8) is 0 Å². The minimum absolute atomic E-state index is 0.165. The van der Waals surface area contributed by atoms with Crippen molar-refractivity contribution in [2.24, 2.45) is 5.92 Å². The number of aliphatic carboxylic acids is 1. The van der Waals surface area contributed by atoms with Crippen LogP contribution in [0, 0.1) is 5.92 Å². The number of carbonyl (C=O) groups excluding carboxylic acids is 1. The Labute approximate surface area is 118 Å². The van der Waals surface area contributed by atoms with Gasteiger partial charge in [-0.15, -0.1) is 0 Å². The van der Waals surface area contributed by atoms with E-state index in [1.807, 2.05) is 13.8 Å². The minimum atomic E-state index is -1.05. The number of carboxylic acids is 1. The zero-order valence-corrected chi connectivity index (χ0v) is 11.9. The lowest BCUT2D eigenvalue weighted by Gasteiger charge is -2.23. The summed E-state index contributed by atoms with van der Waals surface area (Å²) in [7, 11) is 1.44. The maximum absolute atomic E-state index is 12.4. The van der Waals surface area contributed by atoms with E-state index in [9.17, 15) is 9.59 Å². The molecule has 0 aliphatic rings. The molecule has 0 atom stereocenters. The summed E-state index contributed by atoms with van der Waals surface area (Å²) in [4.78, 5) is 24.6. The van der Waals surface area contributed by atoms with E-state index < -0.39 is 5.97 Å². The Bertz CT molecular complexity index is 500. The van der Waals surface area contributed by atoms with Gasteiger partial charge >= 0.3 is 5.97 Å². The van der Waals surface area contributed by atoms with Gasteiger partial charge < -0.3 is 20.5 Å². The highest BCUT2D eigenvalue weighted by Crippen LogP contribution is 2.23. The van der Waals surface area contributed by atoms with Crippen LogP contribution in [0.1, 0.15) is 24.2 Å². The molecule has 0 saturated carbocycles. The van der Waals surface area contributed by atoms with E-state index >= 15 is 0 Å². The molecule has 0 unspecified atom stereocenters. The largest absolute Gasteiger partial charge is 0.496 e. The normalized spacial score (nSPS) is 10.4. The summed E-state index contributed by atoms with van der Waals surface area (Å²) in [5.41, 5.74) is 6.43. The van der Waals surface area contributed by atoms with Gasteiger partial charge in [-0.05, 0) is 18.1 Å². The average Bonchev–Trinajstić information content (AvgIpc) is 2.35. The Kier molecular flexibility index (Phi) is 5.37. The minimum Gasteiger partial charge on any atom is -0.496 e. The van der Waals surface area contributed by atoms with Gasteiger partial charge in [0.15, 0.2) is 0 Å². The fourth-order valence-electron chi connectivity index (χ4n) is 1.88. The molecule has 0 aromatic heterocycles. The van der Waals surface area contributed by atoms with E-state index in [1.54, 1.807) is 18.2 Å². The summed E-state index contributed by atoms with van der Waals surface area (Å²) < 4.78 is 5.13. The first-order valence-electron chi connectivity index (χ1n) is 6.29. The molecule has 6 heteroatoms. The fourth-order valence-corrected chi connectivity index (χ4v) is 1.88. The van der Waals surface area contributed by atoms with Gasteiger partial charge in [0.1, 0.15) is 12.3 Å². The number of hydrogen-bond donors (Lipinski definition) is 2. The molecule has 0 bridgehead atoms. The van der Waals surface area contributed by atoms with Gasteiger partial charge in [-0.25, -0.2) is 0 Å². The first-order valence-corrected chi connectivity index (χ1v) is 6.29. The molecule has 0 radical (unpaired) electrons. The van der Waals surface area contributed by atoms with Crippen LogP contribution in [0.3, 0.4) is 0 Å². The number of rotatable bonds is 6. The van der Waals surface area contributed by atoms with Crippen LogP contribution in [-0.4, -0.2) is 42.1 Å². The molecule has 0 aliphatic heterocycles. The number of hydrogen-bond acceptors (Lipinski definition) is 4. The first-order chi connectivity index (χ1) is 9.35. The van der Waals surface area contributed by atoms with Crippen molar-refractivity contribution >= 4 is 17.6 Å². The van der Waals surface area contributed by atoms with Crippen molar-refractivity contribution in [1.82, 2.24) is 4.90 Å². The second kappa shape index (κ2) is 6.79. The highest BCUT2D eigenvalue weighted by molar-refractivity contribution is 5.98. The second-order valence-corrected chi connectivity index (χ2v) is 4.93. The summed E-state index contributed by atoms with van der Waals surface area (Å²) in [6.45, 7) is 3.86. The predicted molar refractivity (Wildman–Crippen MR) is 75.8 cm³/mol. The van der Waals surface area contributed by atoms with Crippen molar-refractivity contribution in [1.29, 1.82) is 0 Å². The number of amides is 1. The maximum atomic E-state index is 12.4. The second-order valence-electron chi connectivity index (χ2n) is 4.93. The van der Waals surface area contributed by atoms with E-state index in [0.29, 0.717) is 23.5 Å². The summed E-state index contributed by atoms with van der Waals surface area (Å²) >= 11 is 0. The molecule has 3 N–H and O–H groups in total. The molecule has 0 heterocycles. The molecule has 0 spiro atoms. The van der Waals surface area contributed by atoms with E-state index in [1.165, 1.54) is 12.0 Å². The van der Waals surface area contributed by atoms with Crippen LogP contribution >= 0.6 is 0 Å². The van der Waals surface area contributed by atoms with Gasteiger partial charge in [-0.3, -0.25) is 9.59 Å². The number of benzene rings is 1. The summed E-state index contributed by atoms with van der Waals surface area (Å²) in [5, 5.41) is 8.92. The molecule has 0 aliphatic carbocycles. The van der Waals surface area contributed by atoms with Crippen LogP contribution in [0.2, 0.25) is 0 Å². The lowest BCUT2D eigenvalue weighted by molar-refractivity contribution is -0.137. The number of nitrogens with two attached hydrogens (primary N) is 1. The highest BCUT2D eigenvalue weighted by atomic mass is 16.5. The maximum Gasteiger partial charge on any atom is 0.323 e. The van der Waals surface area contributed by atoms with Crippen LogP contribution in [0.25, 0.3) is 0 Å². The van der Waals surface area contributed by atoms with Gasteiger partial charge in [-0.2, -0.15) is 0 Å². The van der Waals surface area contributed by atoms with Gasteiger partial charge in [0.2, 0.25) is 0 Å². The molecular weight excluding hydrogens is 260 g/mol. The molecule has 0 saturated heterocycles. The van der Waals surface area contributed by atoms with E-state index in [4.69, 9.17) is 15.6 Å². The van der Waals surface area contributed by atoms with E-state index in [0.717, 1.165) is 0 Å². The number of carboxylic acid groups (broad SMARTS) is 1. The first kappa shape index (κ1) is 15.8. The predicted octanol–water partition coefficient (Wildman–Crippen LogP) is 1.46. The Balaban J connectivity index is 3.07. The van der Waals surface area contributed by atoms with Crippen LogP contribution in [-0.2, 0) is 4.79 Å². The number of anilines is 1. The fraction of sp³-hybridized carbons (Fsp3) is 0.429. The van der Waals surface area contributed by atoms with Crippen molar-refractivity contribution in [3.8, 4) is 5.75 Å². The zero-order chi connectivity index (χ0) is 15.3. The number of methoxy groups -OCH3 is 1. The number of ether oxygens (including phenoxy) is 1. The molecule has 1 amide bonds. The molecule has 1 rings (SSSR count). The summed E-state index contributed by atoms with van der Waals surface area (Å²) in [6, 6.07) is 4.68. The highest BCUT2D eigenvalue weighted by Gasteiger charge is 2.22. The third-order valence-electron chi connectivity index (χ3n) is 2.65. The molecule has 1 aromatic rings.